The van der Waals surface area contributed by atoms with Crippen molar-refractivity contribution in [3.05, 3.63) is 40.8 Å². The fourth-order valence-electron chi connectivity index (χ4n) is 2.05. The van der Waals surface area contributed by atoms with E-state index in [1.807, 2.05) is 13.8 Å². The van der Waals surface area contributed by atoms with Crippen molar-refractivity contribution in [1.82, 2.24) is 10.2 Å². The van der Waals surface area contributed by atoms with E-state index in [0.717, 1.165) is 17.3 Å². The van der Waals surface area contributed by atoms with Crippen molar-refractivity contribution in [3.63, 3.8) is 0 Å². The highest BCUT2D eigenvalue weighted by Gasteiger charge is 2.17. The molecule has 1 aromatic heterocycles. The molecular formula is C15H15FN4O. The summed E-state index contributed by atoms with van der Waals surface area (Å²) in [4.78, 5) is 0. The molecule has 1 aromatic carbocycles. The van der Waals surface area contributed by atoms with Crippen LogP contribution in [0.15, 0.2) is 18.2 Å². The lowest BCUT2D eigenvalue weighted by Crippen LogP contribution is -2.05. The molecule has 0 amide bonds. The second kappa shape index (κ2) is 6.18. The van der Waals surface area contributed by atoms with Gasteiger partial charge in [-0.05, 0) is 30.5 Å². The molecule has 6 heteroatoms. The monoisotopic (exact) mass is 286 g/mol. The van der Waals surface area contributed by atoms with Crippen LogP contribution < -0.4 is 10.5 Å². The smallest absolute Gasteiger partial charge is 0.257 e. The molecule has 0 atom stereocenters. The Morgan fingerprint density at radius 1 is 1.29 bits per heavy atom. The molecule has 2 aromatic rings. The topological polar surface area (TPSA) is 84.8 Å². The predicted molar refractivity (Wildman–Crippen MR) is 76.4 cm³/mol. The summed E-state index contributed by atoms with van der Waals surface area (Å²) >= 11 is 0. The van der Waals surface area contributed by atoms with Gasteiger partial charge in [-0.2, -0.15) is 10.4 Å². The van der Waals surface area contributed by atoms with E-state index in [1.54, 1.807) is 0 Å². The highest BCUT2D eigenvalue weighted by Crippen LogP contribution is 2.29. The summed E-state index contributed by atoms with van der Waals surface area (Å²) < 4.78 is 19.2. The van der Waals surface area contributed by atoms with Crippen molar-refractivity contribution < 1.29 is 9.13 Å². The van der Waals surface area contributed by atoms with E-state index in [0.29, 0.717) is 24.1 Å². The third kappa shape index (κ3) is 2.92. The fraction of sp³-hybridized carbons (Fsp3) is 0.267. The number of nitrogens with two attached hydrogens (primary N) is 1. The van der Waals surface area contributed by atoms with Crippen molar-refractivity contribution in [2.24, 2.45) is 0 Å². The second-order valence-corrected chi connectivity index (χ2v) is 4.42. The van der Waals surface area contributed by atoms with Crippen LogP contribution in [0.4, 0.5) is 10.1 Å². The first-order valence-electron chi connectivity index (χ1n) is 6.62. The Morgan fingerprint density at radius 2 is 2.05 bits per heavy atom. The molecule has 0 aliphatic rings. The molecule has 0 spiro atoms. The fourth-order valence-corrected chi connectivity index (χ4v) is 2.05. The number of hydrogen-bond donors (Lipinski definition) is 1. The van der Waals surface area contributed by atoms with Gasteiger partial charge in [0.05, 0.1) is 5.69 Å². The number of ether oxygens (including phenoxy) is 1. The van der Waals surface area contributed by atoms with Gasteiger partial charge >= 0.3 is 0 Å². The average Bonchev–Trinajstić information content (AvgIpc) is 2.49. The van der Waals surface area contributed by atoms with Crippen molar-refractivity contribution in [1.29, 1.82) is 5.26 Å². The van der Waals surface area contributed by atoms with E-state index in [4.69, 9.17) is 10.5 Å². The lowest BCUT2D eigenvalue weighted by Gasteiger charge is -2.11. The number of nitrogens with zero attached hydrogens (tertiary/aromatic N) is 3. The van der Waals surface area contributed by atoms with E-state index in [9.17, 15) is 9.65 Å². The molecule has 0 bridgehead atoms. The molecule has 0 saturated heterocycles. The van der Waals surface area contributed by atoms with Gasteiger partial charge in [-0.15, -0.1) is 5.10 Å². The summed E-state index contributed by atoms with van der Waals surface area (Å²) in [5, 5.41) is 17.3. The number of benzene rings is 1. The molecule has 2 rings (SSSR count). The summed E-state index contributed by atoms with van der Waals surface area (Å²) in [6.07, 6.45) is 1.30. The maximum atomic E-state index is 13.8. The van der Waals surface area contributed by atoms with Crippen molar-refractivity contribution in [3.8, 4) is 17.7 Å². The molecule has 108 valence electrons. The molecule has 0 aliphatic carbocycles. The first-order valence-corrected chi connectivity index (χ1v) is 6.62. The van der Waals surface area contributed by atoms with Crippen LogP contribution in [0.3, 0.4) is 0 Å². The SMILES string of the molecule is CCc1nnc(Oc2ccc(N)cc2F)c(C#N)c1CC. The Bertz CT molecular complexity index is 710. The quantitative estimate of drug-likeness (QED) is 0.873. The van der Waals surface area contributed by atoms with Gasteiger partial charge in [0.2, 0.25) is 0 Å². The minimum absolute atomic E-state index is 0.00946. The minimum Gasteiger partial charge on any atom is -0.433 e. The zero-order valence-electron chi connectivity index (χ0n) is 11.9. The summed E-state index contributed by atoms with van der Waals surface area (Å²) in [5.74, 6) is -0.644. The molecule has 21 heavy (non-hydrogen) atoms. The van der Waals surface area contributed by atoms with Gasteiger partial charge in [0.1, 0.15) is 11.6 Å². The second-order valence-electron chi connectivity index (χ2n) is 4.42. The summed E-state index contributed by atoms with van der Waals surface area (Å²) in [6, 6.07) is 6.12. The van der Waals surface area contributed by atoms with E-state index < -0.39 is 5.82 Å². The molecule has 5 nitrogen and oxygen atoms in total. The summed E-state index contributed by atoms with van der Waals surface area (Å²) in [7, 11) is 0. The predicted octanol–water partition coefficient (Wildman–Crippen LogP) is 2.99. The van der Waals surface area contributed by atoms with E-state index in [-0.39, 0.29) is 11.6 Å². The minimum atomic E-state index is -0.613. The Morgan fingerprint density at radius 3 is 2.62 bits per heavy atom. The van der Waals surface area contributed by atoms with Gasteiger partial charge in [0.15, 0.2) is 11.6 Å². The van der Waals surface area contributed by atoms with Crippen LogP contribution in [-0.4, -0.2) is 10.2 Å². The molecule has 0 unspecified atom stereocenters. The van der Waals surface area contributed by atoms with Crippen LogP contribution in [0.1, 0.15) is 30.7 Å². The normalized spacial score (nSPS) is 10.2. The third-order valence-corrected chi connectivity index (χ3v) is 3.09. The number of aryl methyl sites for hydroxylation is 1. The number of aromatic nitrogens is 2. The van der Waals surface area contributed by atoms with Gasteiger partial charge in [0.25, 0.3) is 5.88 Å². The molecule has 0 saturated carbocycles. The maximum absolute atomic E-state index is 13.8. The van der Waals surface area contributed by atoms with Crippen LogP contribution in [0.25, 0.3) is 0 Å². The Hall–Kier alpha value is -2.68. The van der Waals surface area contributed by atoms with Gasteiger partial charge in [0, 0.05) is 11.8 Å². The number of hydrogen-bond acceptors (Lipinski definition) is 5. The Kier molecular flexibility index (Phi) is 4.33. The van der Waals surface area contributed by atoms with Crippen LogP contribution in [0, 0.1) is 17.1 Å². The zero-order chi connectivity index (χ0) is 15.4. The van der Waals surface area contributed by atoms with Crippen LogP contribution >= 0.6 is 0 Å². The van der Waals surface area contributed by atoms with Crippen molar-refractivity contribution in [2.75, 3.05) is 5.73 Å². The maximum Gasteiger partial charge on any atom is 0.257 e. The van der Waals surface area contributed by atoms with Crippen molar-refractivity contribution in [2.45, 2.75) is 26.7 Å². The van der Waals surface area contributed by atoms with Gasteiger partial charge < -0.3 is 10.5 Å². The van der Waals surface area contributed by atoms with E-state index in [1.165, 1.54) is 12.1 Å². The van der Waals surface area contributed by atoms with E-state index >= 15 is 0 Å². The lowest BCUT2D eigenvalue weighted by molar-refractivity contribution is 0.419. The molecule has 1 heterocycles. The lowest BCUT2D eigenvalue weighted by atomic mass is 10.0. The zero-order valence-corrected chi connectivity index (χ0v) is 11.9. The van der Waals surface area contributed by atoms with Gasteiger partial charge in [-0.1, -0.05) is 13.8 Å². The number of nitrogen functional groups attached to an aromatic ring is 1. The average molecular weight is 286 g/mol. The highest BCUT2D eigenvalue weighted by molar-refractivity contribution is 5.49. The molecule has 2 N–H and O–H groups in total. The van der Waals surface area contributed by atoms with Crippen LogP contribution in [0.5, 0.6) is 11.6 Å². The van der Waals surface area contributed by atoms with Gasteiger partial charge in [-0.3, -0.25) is 0 Å². The standard InChI is InChI=1S/C15H15FN4O/c1-3-10-11(8-17)15(20-19-13(10)4-2)21-14-6-5-9(18)7-12(14)16/h5-7H,3-4,18H2,1-2H3. The Balaban J connectivity index is 2.47. The number of nitriles is 1. The molecule has 0 aliphatic heterocycles. The number of halogens is 1. The van der Waals surface area contributed by atoms with Crippen molar-refractivity contribution >= 4 is 5.69 Å². The molecular weight excluding hydrogens is 271 g/mol. The third-order valence-electron chi connectivity index (χ3n) is 3.09. The van der Waals surface area contributed by atoms with Gasteiger partial charge in [-0.25, -0.2) is 4.39 Å². The largest absolute Gasteiger partial charge is 0.433 e. The van der Waals surface area contributed by atoms with Crippen LogP contribution in [-0.2, 0) is 12.8 Å². The Labute approximate surface area is 122 Å². The molecule has 0 fully saturated rings. The molecule has 0 radical (unpaired) electrons. The number of anilines is 1. The summed E-state index contributed by atoms with van der Waals surface area (Å²) in [5.41, 5.74) is 7.60. The first-order chi connectivity index (χ1) is 10.1. The highest BCUT2D eigenvalue weighted by atomic mass is 19.1. The van der Waals surface area contributed by atoms with E-state index in [2.05, 4.69) is 16.3 Å². The summed E-state index contributed by atoms with van der Waals surface area (Å²) in [6.45, 7) is 3.86. The van der Waals surface area contributed by atoms with Crippen LogP contribution in [0.2, 0.25) is 0 Å². The number of rotatable bonds is 4. The first kappa shape index (κ1) is 14.7.